The van der Waals surface area contributed by atoms with E-state index in [2.05, 4.69) is 4.99 Å². The molecule has 0 fully saturated rings. The van der Waals surface area contributed by atoms with Crippen LogP contribution in [-0.4, -0.2) is 12.8 Å². The summed E-state index contributed by atoms with van der Waals surface area (Å²) < 4.78 is 0. The van der Waals surface area contributed by atoms with Gasteiger partial charge in [0.05, 0.1) is 6.07 Å². The van der Waals surface area contributed by atoms with Gasteiger partial charge in [-0.25, -0.2) is 0 Å². The molecule has 64 valence electrons. The second-order valence-corrected chi connectivity index (χ2v) is 2.42. The molecule has 0 amide bonds. The van der Waals surface area contributed by atoms with E-state index in [1.54, 1.807) is 6.21 Å². The summed E-state index contributed by atoms with van der Waals surface area (Å²) in [7, 11) is 0. The smallest absolute Gasteiger partial charge is 0.126 e. The van der Waals surface area contributed by atoms with Gasteiger partial charge in [0.15, 0.2) is 0 Å². The average molecular weight is 170 g/mol. The van der Waals surface area contributed by atoms with Crippen molar-refractivity contribution in [3.8, 4) is 6.07 Å². The highest BCUT2D eigenvalue weighted by molar-refractivity contribution is 5.78. The number of rotatable bonds is 3. The molecular formula is C11H10N2. The lowest BCUT2D eigenvalue weighted by molar-refractivity contribution is 1.25. The summed E-state index contributed by atoms with van der Waals surface area (Å²) in [5.41, 5.74) is 1.13. The highest BCUT2D eigenvalue weighted by atomic mass is 14.7. The lowest BCUT2D eigenvalue weighted by atomic mass is 10.2. The first-order valence-electron chi connectivity index (χ1n) is 4.02. The van der Waals surface area contributed by atoms with E-state index in [0.29, 0.717) is 0 Å². The molecule has 0 spiro atoms. The van der Waals surface area contributed by atoms with E-state index in [9.17, 15) is 0 Å². The Morgan fingerprint density at radius 1 is 1.31 bits per heavy atom. The number of hydrogen-bond donors (Lipinski definition) is 0. The molecule has 0 atom stereocenters. The van der Waals surface area contributed by atoms with Crippen LogP contribution in [0.4, 0.5) is 0 Å². The number of allylic oxidation sites excluding steroid dienone is 1. The van der Waals surface area contributed by atoms with E-state index in [1.165, 1.54) is 0 Å². The highest BCUT2D eigenvalue weighted by Gasteiger charge is 1.79. The van der Waals surface area contributed by atoms with E-state index in [0.717, 1.165) is 5.56 Å². The Balaban J connectivity index is 2.46. The molecule has 0 saturated carbocycles. The van der Waals surface area contributed by atoms with Gasteiger partial charge in [0.2, 0.25) is 0 Å². The summed E-state index contributed by atoms with van der Waals surface area (Å²) >= 11 is 0. The second-order valence-electron chi connectivity index (χ2n) is 2.42. The minimum Gasteiger partial charge on any atom is -0.278 e. The van der Waals surface area contributed by atoms with Crippen molar-refractivity contribution < 1.29 is 0 Å². The molecule has 13 heavy (non-hydrogen) atoms. The molecule has 0 aliphatic carbocycles. The third-order valence-electron chi connectivity index (χ3n) is 1.44. The van der Waals surface area contributed by atoms with Gasteiger partial charge < -0.3 is 0 Å². The monoisotopic (exact) mass is 170 g/mol. The molecule has 0 saturated heterocycles. The Morgan fingerprint density at radius 2 is 2.08 bits per heavy atom. The number of benzene rings is 1. The van der Waals surface area contributed by atoms with Crippen molar-refractivity contribution >= 4 is 12.3 Å². The lowest BCUT2D eigenvalue weighted by Gasteiger charge is -1.87. The van der Waals surface area contributed by atoms with Crippen molar-refractivity contribution in [2.45, 2.75) is 0 Å². The molecule has 0 aliphatic heterocycles. The summed E-state index contributed by atoms with van der Waals surface area (Å²) in [6.07, 6.45) is 5.41. The number of nitriles is 1. The molecule has 0 N–H and O–H groups in total. The van der Waals surface area contributed by atoms with Crippen LogP contribution in [0.1, 0.15) is 5.56 Å². The Labute approximate surface area is 77.9 Å². The van der Waals surface area contributed by atoms with Crippen molar-refractivity contribution in [3.05, 3.63) is 42.0 Å². The minimum absolute atomic E-state index is 0.221. The molecule has 0 radical (unpaired) electrons. The van der Waals surface area contributed by atoms with Crippen LogP contribution in [0.15, 0.2) is 41.4 Å². The van der Waals surface area contributed by atoms with Gasteiger partial charge >= 0.3 is 0 Å². The highest BCUT2D eigenvalue weighted by Crippen LogP contribution is 1.99. The maximum absolute atomic E-state index is 8.19. The zero-order chi connectivity index (χ0) is 9.36. The molecule has 0 aliphatic rings. The van der Waals surface area contributed by atoms with Crippen LogP contribution in [0, 0.1) is 11.3 Å². The van der Waals surface area contributed by atoms with Crippen LogP contribution < -0.4 is 0 Å². The average Bonchev–Trinajstić information content (AvgIpc) is 2.19. The summed E-state index contributed by atoms with van der Waals surface area (Å²) in [5, 5.41) is 8.19. The molecule has 0 bridgehead atoms. The van der Waals surface area contributed by atoms with Gasteiger partial charge in [0, 0.05) is 6.21 Å². The van der Waals surface area contributed by atoms with Gasteiger partial charge in [-0.15, -0.1) is 0 Å². The maximum atomic E-state index is 8.19. The van der Waals surface area contributed by atoms with Crippen LogP contribution in [0.3, 0.4) is 0 Å². The van der Waals surface area contributed by atoms with Gasteiger partial charge in [-0.2, -0.15) is 5.26 Å². The molecule has 2 nitrogen and oxygen atoms in total. The van der Waals surface area contributed by atoms with Gasteiger partial charge in [0.25, 0.3) is 0 Å². The quantitative estimate of drug-likeness (QED) is 0.506. The van der Waals surface area contributed by atoms with E-state index >= 15 is 0 Å². The number of hydrogen-bond acceptors (Lipinski definition) is 2. The molecule has 1 aromatic carbocycles. The van der Waals surface area contributed by atoms with Crippen molar-refractivity contribution in [1.29, 1.82) is 5.26 Å². The maximum Gasteiger partial charge on any atom is 0.126 e. The summed E-state index contributed by atoms with van der Waals surface area (Å²) in [6.45, 7) is 0.221. The summed E-state index contributed by atoms with van der Waals surface area (Å²) in [4.78, 5) is 3.83. The third-order valence-corrected chi connectivity index (χ3v) is 1.44. The Morgan fingerprint density at radius 3 is 2.77 bits per heavy atom. The Bertz CT molecular complexity index is 331. The van der Waals surface area contributed by atoms with E-state index < -0.39 is 0 Å². The first-order chi connectivity index (χ1) is 6.43. The SMILES string of the molecule is N#CCN=C/C=C/c1ccccc1. The number of aliphatic imine (C=N–C) groups is 1. The van der Waals surface area contributed by atoms with Gasteiger partial charge in [0.1, 0.15) is 6.54 Å². The van der Waals surface area contributed by atoms with Crippen LogP contribution in [0.25, 0.3) is 6.08 Å². The second kappa shape index (κ2) is 5.73. The Hall–Kier alpha value is -1.88. The molecule has 1 rings (SSSR count). The topological polar surface area (TPSA) is 36.1 Å². The molecule has 1 aromatic rings. The van der Waals surface area contributed by atoms with Crippen molar-refractivity contribution in [1.82, 2.24) is 0 Å². The molecule has 0 heterocycles. The zero-order valence-corrected chi connectivity index (χ0v) is 7.22. The first kappa shape index (κ1) is 9.21. The predicted octanol–water partition coefficient (Wildman–Crippen LogP) is 2.29. The predicted molar refractivity (Wildman–Crippen MR) is 54.4 cm³/mol. The van der Waals surface area contributed by atoms with Gasteiger partial charge in [-0.05, 0) is 11.6 Å². The van der Waals surface area contributed by atoms with Crippen molar-refractivity contribution in [3.63, 3.8) is 0 Å². The molecule has 0 aromatic heterocycles. The first-order valence-corrected chi connectivity index (χ1v) is 4.02. The fourth-order valence-electron chi connectivity index (χ4n) is 0.873. The Kier molecular flexibility index (Phi) is 4.06. The summed E-state index contributed by atoms with van der Waals surface area (Å²) in [5.74, 6) is 0. The van der Waals surface area contributed by atoms with Crippen LogP contribution in [-0.2, 0) is 0 Å². The fraction of sp³-hybridized carbons (Fsp3) is 0.0909. The minimum atomic E-state index is 0.221. The molecule has 0 unspecified atom stereocenters. The van der Waals surface area contributed by atoms with Crippen LogP contribution >= 0.6 is 0 Å². The van der Waals surface area contributed by atoms with Gasteiger partial charge in [-0.1, -0.05) is 36.4 Å². The summed E-state index contributed by atoms with van der Waals surface area (Å²) in [6, 6.07) is 11.9. The fourth-order valence-corrected chi connectivity index (χ4v) is 0.873. The normalized spacial score (nSPS) is 10.7. The van der Waals surface area contributed by atoms with Crippen LogP contribution in [0.5, 0.6) is 0 Å². The standard InChI is InChI=1S/C11H10N2/c12-8-10-13-9-4-7-11-5-2-1-3-6-11/h1-7,9H,10H2/b7-4+,13-9?. The van der Waals surface area contributed by atoms with E-state index in [-0.39, 0.29) is 6.54 Å². The van der Waals surface area contributed by atoms with Crippen molar-refractivity contribution in [2.24, 2.45) is 4.99 Å². The largest absolute Gasteiger partial charge is 0.278 e. The lowest BCUT2D eigenvalue weighted by Crippen LogP contribution is -1.72. The van der Waals surface area contributed by atoms with E-state index in [1.807, 2.05) is 48.6 Å². The third kappa shape index (κ3) is 3.88. The zero-order valence-electron chi connectivity index (χ0n) is 7.22. The van der Waals surface area contributed by atoms with Crippen LogP contribution in [0.2, 0.25) is 0 Å². The van der Waals surface area contributed by atoms with Gasteiger partial charge in [-0.3, -0.25) is 4.99 Å². The van der Waals surface area contributed by atoms with Crippen molar-refractivity contribution in [2.75, 3.05) is 6.54 Å². The molecular weight excluding hydrogens is 160 g/mol. The molecule has 2 heteroatoms. The number of nitrogens with zero attached hydrogens (tertiary/aromatic N) is 2. The van der Waals surface area contributed by atoms with E-state index in [4.69, 9.17) is 5.26 Å².